The van der Waals surface area contributed by atoms with E-state index in [0.29, 0.717) is 6.54 Å². The summed E-state index contributed by atoms with van der Waals surface area (Å²) in [4.78, 5) is 2.08. The smallest absolute Gasteiger partial charge is 0.0718 e. The average Bonchev–Trinajstić information content (AvgIpc) is 1.84. The normalized spacial score (nSPS) is 12.5. The molecule has 0 aromatic rings. The molecular weight excluding hydrogens is 154 g/mol. The van der Waals surface area contributed by atoms with E-state index in [1.54, 1.807) is 13.8 Å². The fourth-order valence-electron chi connectivity index (χ4n) is 1.23. The van der Waals surface area contributed by atoms with Gasteiger partial charge < -0.3 is 15.1 Å². The van der Waals surface area contributed by atoms with Crippen molar-refractivity contribution in [1.82, 2.24) is 4.90 Å². The summed E-state index contributed by atoms with van der Waals surface area (Å²) in [5.41, 5.74) is -0.617. The average molecular weight is 175 g/mol. The molecule has 0 rings (SSSR count). The molecule has 3 nitrogen and oxygen atoms in total. The molecule has 3 heteroatoms. The van der Waals surface area contributed by atoms with E-state index in [1.165, 1.54) is 0 Å². The number of aliphatic hydroxyl groups is 2. The Morgan fingerprint density at radius 2 is 1.83 bits per heavy atom. The summed E-state index contributed by atoms with van der Waals surface area (Å²) in [6.07, 6.45) is 1.83. The number of aliphatic hydroxyl groups excluding tert-OH is 1. The fraction of sp³-hybridized carbons (Fsp3) is 1.00. The van der Waals surface area contributed by atoms with Crippen LogP contribution in [-0.2, 0) is 0 Å². The van der Waals surface area contributed by atoms with Crippen molar-refractivity contribution >= 4 is 0 Å². The van der Waals surface area contributed by atoms with Crippen LogP contribution in [0.3, 0.4) is 0 Å². The number of hydrogen-bond donors (Lipinski definition) is 2. The van der Waals surface area contributed by atoms with Crippen molar-refractivity contribution in [2.24, 2.45) is 0 Å². The summed E-state index contributed by atoms with van der Waals surface area (Å²) in [6, 6.07) is 0. The molecule has 0 aliphatic heterocycles. The largest absolute Gasteiger partial charge is 0.396 e. The predicted octanol–water partition coefficient (Wildman–Crippen LogP) is 0.462. The first-order valence-electron chi connectivity index (χ1n) is 4.47. The molecule has 0 saturated heterocycles. The molecule has 0 aliphatic carbocycles. The zero-order valence-electron chi connectivity index (χ0n) is 8.38. The fourth-order valence-corrected chi connectivity index (χ4v) is 1.23. The third-order valence-electron chi connectivity index (χ3n) is 1.60. The van der Waals surface area contributed by atoms with Gasteiger partial charge in [0.25, 0.3) is 0 Å². The molecule has 0 bridgehead atoms. The lowest BCUT2D eigenvalue weighted by Crippen LogP contribution is -2.36. The van der Waals surface area contributed by atoms with Gasteiger partial charge in [0.05, 0.1) is 5.60 Å². The Morgan fingerprint density at radius 1 is 1.25 bits per heavy atom. The van der Waals surface area contributed by atoms with Crippen LogP contribution in [0.1, 0.15) is 26.7 Å². The summed E-state index contributed by atoms with van der Waals surface area (Å²) in [5.74, 6) is 0. The van der Waals surface area contributed by atoms with Crippen molar-refractivity contribution in [2.45, 2.75) is 32.3 Å². The van der Waals surface area contributed by atoms with Gasteiger partial charge in [-0.3, -0.25) is 0 Å². The maximum Gasteiger partial charge on any atom is 0.0718 e. The highest BCUT2D eigenvalue weighted by molar-refractivity contribution is 4.69. The van der Waals surface area contributed by atoms with Crippen molar-refractivity contribution in [1.29, 1.82) is 0 Å². The molecule has 2 N–H and O–H groups in total. The number of rotatable bonds is 6. The number of likely N-dealkylation sites (N-methyl/N-ethyl adjacent to an activating group) is 1. The summed E-state index contributed by atoms with van der Waals surface area (Å²) in [5, 5.41) is 18.0. The van der Waals surface area contributed by atoms with Crippen LogP contribution < -0.4 is 0 Å². The molecule has 74 valence electrons. The van der Waals surface area contributed by atoms with Gasteiger partial charge in [-0.05, 0) is 40.3 Å². The minimum absolute atomic E-state index is 0.260. The van der Waals surface area contributed by atoms with E-state index in [4.69, 9.17) is 5.11 Å². The van der Waals surface area contributed by atoms with Crippen LogP contribution >= 0.6 is 0 Å². The second-order valence-electron chi connectivity index (χ2n) is 3.98. The summed E-state index contributed by atoms with van der Waals surface area (Å²) >= 11 is 0. The van der Waals surface area contributed by atoms with Crippen LogP contribution in [0.4, 0.5) is 0 Å². The van der Waals surface area contributed by atoms with E-state index < -0.39 is 5.60 Å². The van der Waals surface area contributed by atoms with Gasteiger partial charge in [-0.15, -0.1) is 0 Å². The van der Waals surface area contributed by atoms with Crippen molar-refractivity contribution in [3.8, 4) is 0 Å². The van der Waals surface area contributed by atoms with Crippen LogP contribution in [0.15, 0.2) is 0 Å². The molecule has 0 heterocycles. The van der Waals surface area contributed by atoms with Crippen molar-refractivity contribution in [2.75, 3.05) is 26.7 Å². The first-order chi connectivity index (χ1) is 5.45. The monoisotopic (exact) mass is 175 g/mol. The van der Waals surface area contributed by atoms with E-state index in [0.717, 1.165) is 19.4 Å². The Labute approximate surface area is 75.0 Å². The molecule has 0 unspecified atom stereocenters. The Hall–Kier alpha value is -0.120. The van der Waals surface area contributed by atoms with Gasteiger partial charge in [0.1, 0.15) is 0 Å². The molecule has 0 amide bonds. The van der Waals surface area contributed by atoms with Crippen molar-refractivity contribution in [3.63, 3.8) is 0 Å². The van der Waals surface area contributed by atoms with E-state index in [-0.39, 0.29) is 6.61 Å². The Bertz CT molecular complexity index is 110. The molecule has 0 aromatic heterocycles. The van der Waals surface area contributed by atoms with E-state index >= 15 is 0 Å². The third kappa shape index (κ3) is 7.98. The van der Waals surface area contributed by atoms with Gasteiger partial charge in [0, 0.05) is 13.2 Å². The van der Waals surface area contributed by atoms with Crippen LogP contribution in [-0.4, -0.2) is 47.5 Å². The molecule has 0 aliphatic rings. The first kappa shape index (κ1) is 11.9. The second-order valence-corrected chi connectivity index (χ2v) is 3.98. The maximum absolute atomic E-state index is 9.45. The zero-order valence-corrected chi connectivity index (χ0v) is 8.38. The molecule has 0 fully saturated rings. The minimum Gasteiger partial charge on any atom is -0.396 e. The Kier molecular flexibility index (Phi) is 5.46. The first-order valence-corrected chi connectivity index (χ1v) is 4.47. The Morgan fingerprint density at radius 3 is 2.25 bits per heavy atom. The molecule has 0 radical (unpaired) electrons. The topological polar surface area (TPSA) is 43.7 Å². The quantitative estimate of drug-likeness (QED) is 0.576. The maximum atomic E-state index is 9.45. The highest BCUT2D eigenvalue weighted by atomic mass is 16.3. The Balaban J connectivity index is 3.40. The predicted molar refractivity (Wildman–Crippen MR) is 50.1 cm³/mol. The van der Waals surface area contributed by atoms with Gasteiger partial charge >= 0.3 is 0 Å². The highest BCUT2D eigenvalue weighted by Crippen LogP contribution is 2.03. The summed E-state index contributed by atoms with van der Waals surface area (Å²) in [6.45, 7) is 5.48. The van der Waals surface area contributed by atoms with Gasteiger partial charge in [0.2, 0.25) is 0 Å². The van der Waals surface area contributed by atoms with E-state index in [9.17, 15) is 5.11 Å². The lowest BCUT2D eigenvalue weighted by molar-refractivity contribution is 0.0439. The van der Waals surface area contributed by atoms with Crippen molar-refractivity contribution in [3.05, 3.63) is 0 Å². The molecule has 0 aromatic carbocycles. The van der Waals surface area contributed by atoms with Crippen LogP contribution in [0.5, 0.6) is 0 Å². The van der Waals surface area contributed by atoms with Gasteiger partial charge in [-0.1, -0.05) is 0 Å². The van der Waals surface area contributed by atoms with Crippen LogP contribution in [0.2, 0.25) is 0 Å². The van der Waals surface area contributed by atoms with E-state index in [2.05, 4.69) is 4.90 Å². The van der Waals surface area contributed by atoms with Crippen molar-refractivity contribution < 1.29 is 10.2 Å². The zero-order chi connectivity index (χ0) is 9.61. The minimum atomic E-state index is -0.617. The van der Waals surface area contributed by atoms with E-state index in [1.807, 2.05) is 7.05 Å². The SMILES string of the molecule is CN(CCCCO)CC(C)(C)O. The van der Waals surface area contributed by atoms with Gasteiger partial charge in [0.15, 0.2) is 0 Å². The number of nitrogens with zero attached hydrogens (tertiary/aromatic N) is 1. The number of unbranched alkanes of at least 4 members (excludes halogenated alkanes) is 1. The molecular formula is C9H21NO2. The second kappa shape index (κ2) is 5.51. The van der Waals surface area contributed by atoms with Gasteiger partial charge in [-0.25, -0.2) is 0 Å². The molecule has 0 spiro atoms. The molecule has 0 atom stereocenters. The molecule has 0 saturated carbocycles. The van der Waals surface area contributed by atoms with Crippen LogP contribution in [0, 0.1) is 0 Å². The third-order valence-corrected chi connectivity index (χ3v) is 1.60. The standard InChI is InChI=1S/C9H21NO2/c1-9(2,12)8-10(3)6-4-5-7-11/h11-12H,4-8H2,1-3H3. The number of hydrogen-bond acceptors (Lipinski definition) is 3. The lowest BCUT2D eigenvalue weighted by atomic mass is 10.1. The van der Waals surface area contributed by atoms with Crippen LogP contribution in [0.25, 0.3) is 0 Å². The molecule has 12 heavy (non-hydrogen) atoms. The summed E-state index contributed by atoms with van der Waals surface area (Å²) in [7, 11) is 1.98. The highest BCUT2D eigenvalue weighted by Gasteiger charge is 2.14. The summed E-state index contributed by atoms with van der Waals surface area (Å²) < 4.78 is 0. The lowest BCUT2D eigenvalue weighted by Gasteiger charge is -2.25. The van der Waals surface area contributed by atoms with Gasteiger partial charge in [-0.2, -0.15) is 0 Å².